The number of rotatable bonds is 1. The normalized spacial score (nSPS) is 11.7. The zero-order valence-electron chi connectivity index (χ0n) is 7.94. The van der Waals surface area contributed by atoms with Gasteiger partial charge >= 0.3 is 6.30 Å². The number of nitrogen functional groups attached to an aromatic ring is 1. The van der Waals surface area contributed by atoms with Crippen LogP contribution in [0, 0.1) is 0 Å². The lowest BCUT2D eigenvalue weighted by Crippen LogP contribution is -2.16. The Bertz CT molecular complexity index is 503. The number of pyridine rings is 1. The second kappa shape index (κ2) is 3.51. The highest BCUT2D eigenvalue weighted by atomic mass is 19.4. The van der Waals surface area contributed by atoms with Crippen LogP contribution in [0.4, 0.5) is 19.0 Å². The third-order valence-electron chi connectivity index (χ3n) is 1.96. The van der Waals surface area contributed by atoms with Crippen LogP contribution in [0.3, 0.4) is 0 Å². The lowest BCUT2D eigenvalue weighted by atomic mass is 10.1. The number of halogens is 3. The van der Waals surface area contributed by atoms with Crippen LogP contribution in [-0.4, -0.2) is 14.8 Å². The van der Waals surface area contributed by atoms with Gasteiger partial charge in [-0.25, -0.2) is 4.98 Å². The maximum absolute atomic E-state index is 12.3. The molecule has 0 bridgehead atoms. The van der Waals surface area contributed by atoms with Gasteiger partial charge in [-0.05, 0) is 17.7 Å². The lowest BCUT2D eigenvalue weighted by molar-refractivity contribution is -0.212. The van der Waals surface area contributed by atoms with Crippen LogP contribution in [0.5, 0.6) is 0 Å². The Morgan fingerprint density at radius 1 is 1.25 bits per heavy atom. The minimum absolute atomic E-state index is 0.0566. The van der Waals surface area contributed by atoms with Gasteiger partial charge in [0.25, 0.3) is 0 Å². The predicted molar refractivity (Wildman–Crippen MR) is 51.2 cm³/mol. The van der Waals surface area contributed by atoms with Crippen LogP contribution in [-0.2, 0) is 6.30 Å². The van der Waals surface area contributed by atoms with Crippen LogP contribution < -0.4 is 5.73 Å². The first kappa shape index (κ1) is 10.5. The van der Waals surface area contributed by atoms with Crippen molar-refractivity contribution in [3.63, 3.8) is 0 Å². The van der Waals surface area contributed by atoms with E-state index in [1.54, 1.807) is 6.07 Å². The Balaban J connectivity index is 2.39. The topological polar surface area (TPSA) is 56.7 Å². The largest absolute Gasteiger partial charge is 0.504 e. The van der Waals surface area contributed by atoms with Crippen molar-refractivity contribution in [3.8, 4) is 11.1 Å². The molecule has 7 heteroatoms. The minimum atomic E-state index is -4.50. The highest BCUT2D eigenvalue weighted by molar-refractivity contribution is 5.64. The smallest absolute Gasteiger partial charge is 0.384 e. The van der Waals surface area contributed by atoms with Crippen molar-refractivity contribution in [3.05, 3.63) is 30.7 Å². The first-order valence-corrected chi connectivity index (χ1v) is 4.30. The van der Waals surface area contributed by atoms with Crippen molar-refractivity contribution >= 4 is 5.82 Å². The van der Waals surface area contributed by atoms with Crippen LogP contribution in [0.25, 0.3) is 11.1 Å². The molecule has 0 unspecified atom stereocenters. The molecular weight excluding hydrogens is 221 g/mol. The number of alkyl halides is 3. The SMILES string of the molecule is Nc1cc(-c2cnn(C(F)(F)F)c2)ccn1. The van der Waals surface area contributed by atoms with E-state index in [-0.39, 0.29) is 10.5 Å². The first-order chi connectivity index (χ1) is 7.47. The van der Waals surface area contributed by atoms with Crippen molar-refractivity contribution < 1.29 is 13.2 Å². The summed E-state index contributed by atoms with van der Waals surface area (Å²) in [4.78, 5) is 3.75. The summed E-state index contributed by atoms with van der Waals surface area (Å²) in [7, 11) is 0. The standard InChI is InChI=1S/C9H7F3N4/c10-9(11,12)16-5-7(4-15-16)6-1-2-14-8(13)3-6/h1-5H,(H2,13,14). The molecule has 0 atom stereocenters. The van der Waals surface area contributed by atoms with E-state index in [0.717, 1.165) is 12.4 Å². The van der Waals surface area contributed by atoms with Crippen molar-refractivity contribution in [2.45, 2.75) is 6.30 Å². The maximum atomic E-state index is 12.3. The summed E-state index contributed by atoms with van der Waals surface area (Å²) in [6.07, 6.45) is -1.05. The van der Waals surface area contributed by atoms with Gasteiger partial charge in [0.15, 0.2) is 0 Å². The minimum Gasteiger partial charge on any atom is -0.384 e. The summed E-state index contributed by atoms with van der Waals surface area (Å²) in [6, 6.07) is 3.05. The van der Waals surface area contributed by atoms with Crippen molar-refractivity contribution in [2.75, 3.05) is 5.73 Å². The molecule has 0 aliphatic carbocycles. The van der Waals surface area contributed by atoms with Crippen LogP contribution in [0.2, 0.25) is 0 Å². The Labute approximate surface area is 88.5 Å². The monoisotopic (exact) mass is 228 g/mol. The zero-order valence-corrected chi connectivity index (χ0v) is 7.94. The van der Waals surface area contributed by atoms with Crippen LogP contribution in [0.1, 0.15) is 0 Å². The van der Waals surface area contributed by atoms with Crippen molar-refractivity contribution in [1.82, 2.24) is 14.8 Å². The second-order valence-electron chi connectivity index (χ2n) is 3.11. The van der Waals surface area contributed by atoms with E-state index in [0.29, 0.717) is 11.1 Å². The van der Waals surface area contributed by atoms with Gasteiger partial charge < -0.3 is 5.73 Å². The molecule has 0 saturated carbocycles. The Morgan fingerprint density at radius 2 is 2.00 bits per heavy atom. The number of anilines is 1. The predicted octanol–water partition coefficient (Wildman–Crippen LogP) is 2.00. The van der Waals surface area contributed by atoms with Crippen molar-refractivity contribution in [1.29, 1.82) is 0 Å². The lowest BCUT2D eigenvalue weighted by Gasteiger charge is -2.04. The van der Waals surface area contributed by atoms with Gasteiger partial charge in [0, 0.05) is 18.0 Å². The van der Waals surface area contributed by atoms with Gasteiger partial charge in [0.2, 0.25) is 0 Å². The average Bonchev–Trinajstić information content (AvgIpc) is 2.65. The fourth-order valence-electron chi connectivity index (χ4n) is 1.24. The van der Waals surface area contributed by atoms with E-state index in [9.17, 15) is 13.2 Å². The van der Waals surface area contributed by atoms with Gasteiger partial charge in [0.1, 0.15) is 5.82 Å². The molecule has 0 aromatic carbocycles. The van der Waals surface area contributed by atoms with Crippen LogP contribution in [0.15, 0.2) is 30.7 Å². The molecule has 0 amide bonds. The molecule has 0 radical (unpaired) electrons. The Kier molecular flexibility index (Phi) is 2.30. The van der Waals surface area contributed by atoms with E-state index in [2.05, 4.69) is 10.1 Å². The molecule has 0 fully saturated rings. The fraction of sp³-hybridized carbons (Fsp3) is 0.111. The number of nitrogens with zero attached hydrogens (tertiary/aromatic N) is 3. The summed E-state index contributed by atoms with van der Waals surface area (Å²) < 4.78 is 36.7. The van der Waals surface area contributed by atoms with Gasteiger partial charge in [-0.1, -0.05) is 0 Å². The van der Waals surface area contributed by atoms with E-state index < -0.39 is 6.30 Å². The summed E-state index contributed by atoms with van der Waals surface area (Å²) in [5.41, 5.74) is 6.31. The number of aromatic nitrogens is 3. The summed E-state index contributed by atoms with van der Waals surface area (Å²) in [5.74, 6) is 0.247. The molecule has 4 nitrogen and oxygen atoms in total. The quantitative estimate of drug-likeness (QED) is 0.812. The molecule has 2 aromatic rings. The van der Waals surface area contributed by atoms with E-state index in [1.165, 1.54) is 12.3 Å². The molecule has 2 aromatic heterocycles. The first-order valence-electron chi connectivity index (χ1n) is 4.30. The Morgan fingerprint density at radius 3 is 2.56 bits per heavy atom. The van der Waals surface area contributed by atoms with Crippen LogP contribution >= 0.6 is 0 Å². The molecule has 2 heterocycles. The molecule has 0 spiro atoms. The van der Waals surface area contributed by atoms with E-state index in [1.807, 2.05) is 0 Å². The summed E-state index contributed by atoms with van der Waals surface area (Å²) in [6.45, 7) is 0. The van der Waals surface area contributed by atoms with Gasteiger partial charge in [0.05, 0.1) is 6.20 Å². The highest BCUT2D eigenvalue weighted by Crippen LogP contribution is 2.25. The fourth-order valence-corrected chi connectivity index (χ4v) is 1.24. The van der Waals surface area contributed by atoms with Gasteiger partial charge in [-0.2, -0.15) is 9.78 Å². The van der Waals surface area contributed by atoms with E-state index >= 15 is 0 Å². The molecule has 0 aliphatic rings. The Hall–Kier alpha value is -2.05. The molecule has 0 saturated heterocycles. The molecule has 84 valence electrons. The third-order valence-corrected chi connectivity index (χ3v) is 1.96. The van der Waals surface area contributed by atoms with Gasteiger partial charge in [-0.3, -0.25) is 0 Å². The number of hydrogen-bond acceptors (Lipinski definition) is 3. The summed E-state index contributed by atoms with van der Waals surface area (Å²) >= 11 is 0. The maximum Gasteiger partial charge on any atom is 0.504 e. The second-order valence-corrected chi connectivity index (χ2v) is 3.11. The third kappa shape index (κ3) is 1.97. The highest BCUT2D eigenvalue weighted by Gasteiger charge is 2.31. The zero-order chi connectivity index (χ0) is 11.8. The average molecular weight is 228 g/mol. The number of hydrogen-bond donors (Lipinski definition) is 1. The van der Waals surface area contributed by atoms with Crippen molar-refractivity contribution in [2.24, 2.45) is 0 Å². The van der Waals surface area contributed by atoms with Gasteiger partial charge in [-0.15, -0.1) is 13.2 Å². The molecule has 16 heavy (non-hydrogen) atoms. The molecular formula is C9H7F3N4. The summed E-state index contributed by atoms with van der Waals surface area (Å²) in [5, 5.41) is 3.22. The molecule has 0 aliphatic heterocycles. The molecule has 2 N–H and O–H groups in total. The number of nitrogens with two attached hydrogens (primary N) is 1. The molecule has 2 rings (SSSR count). The van der Waals surface area contributed by atoms with E-state index in [4.69, 9.17) is 5.73 Å².